The molecule has 0 radical (unpaired) electrons. The van der Waals surface area contributed by atoms with Crippen molar-refractivity contribution < 1.29 is 4.79 Å². The van der Waals surface area contributed by atoms with E-state index in [1.165, 1.54) is 51.4 Å². The Hall–Kier alpha value is -1.04. The summed E-state index contributed by atoms with van der Waals surface area (Å²) in [6, 6.07) is 0.579. The summed E-state index contributed by atoms with van der Waals surface area (Å²) in [5.41, 5.74) is 0. The largest absolute Gasteiger partial charge is 0.356 e. The van der Waals surface area contributed by atoms with E-state index in [4.69, 9.17) is 0 Å². The number of aryl methyl sites for hydroxylation is 1. The molecule has 1 aromatic rings. The van der Waals surface area contributed by atoms with Gasteiger partial charge in [0.1, 0.15) is 5.82 Å². The molecule has 1 heterocycles. The molecule has 3 unspecified atom stereocenters. The first-order valence-corrected chi connectivity index (χ1v) is 11.7. The van der Waals surface area contributed by atoms with Crippen molar-refractivity contribution in [2.45, 2.75) is 81.8 Å². The number of carbonyl (C=O) groups excluding carboxylic acids is 1. The van der Waals surface area contributed by atoms with Crippen LogP contribution in [0.15, 0.2) is 5.16 Å². The topological polar surface area (TPSA) is 59.8 Å². The van der Waals surface area contributed by atoms with Crippen molar-refractivity contribution in [3.8, 4) is 0 Å². The van der Waals surface area contributed by atoms with Crippen molar-refractivity contribution in [1.82, 2.24) is 20.1 Å². The van der Waals surface area contributed by atoms with Gasteiger partial charge in [0, 0.05) is 25.4 Å². The fourth-order valence-electron chi connectivity index (χ4n) is 5.56. The summed E-state index contributed by atoms with van der Waals surface area (Å²) in [5.74, 6) is 3.77. The standard InChI is InChI=1S/C20H32N4OS/c1-26-20-23-22-18(24(20)17-5-2-3-6-17)7-4-10-21-19(25)13-16-12-14-8-9-15(16)11-14/h14-17H,2-13H2,1H3,(H,21,25). The molecular weight excluding hydrogens is 344 g/mol. The Morgan fingerprint density at radius 2 is 2.04 bits per heavy atom. The molecule has 3 aliphatic carbocycles. The van der Waals surface area contributed by atoms with Crippen molar-refractivity contribution in [2.75, 3.05) is 12.8 Å². The molecule has 144 valence electrons. The van der Waals surface area contributed by atoms with Crippen LogP contribution in [0.4, 0.5) is 0 Å². The van der Waals surface area contributed by atoms with Gasteiger partial charge in [-0.05, 0) is 62.5 Å². The van der Waals surface area contributed by atoms with Gasteiger partial charge in [0.05, 0.1) is 0 Å². The fraction of sp³-hybridized carbons (Fsp3) is 0.850. The Morgan fingerprint density at radius 3 is 2.73 bits per heavy atom. The third kappa shape index (κ3) is 3.95. The number of aromatic nitrogens is 3. The quantitative estimate of drug-likeness (QED) is 0.550. The molecule has 1 N–H and O–H groups in total. The van der Waals surface area contributed by atoms with Crippen LogP contribution in [-0.4, -0.2) is 33.5 Å². The van der Waals surface area contributed by atoms with Gasteiger partial charge in [0.25, 0.3) is 0 Å². The molecule has 1 aromatic heterocycles. The molecule has 6 heteroatoms. The van der Waals surface area contributed by atoms with E-state index in [0.717, 1.165) is 48.6 Å². The SMILES string of the molecule is CSc1nnc(CCCNC(=O)CC2CC3CCC2C3)n1C1CCCC1. The number of hydrogen-bond acceptors (Lipinski definition) is 4. The maximum absolute atomic E-state index is 12.3. The van der Waals surface area contributed by atoms with Crippen LogP contribution in [0.1, 0.15) is 76.1 Å². The monoisotopic (exact) mass is 376 g/mol. The predicted octanol–water partition coefficient (Wildman–Crippen LogP) is 3.99. The summed E-state index contributed by atoms with van der Waals surface area (Å²) in [6.07, 6.45) is 15.2. The maximum Gasteiger partial charge on any atom is 0.220 e. The summed E-state index contributed by atoms with van der Waals surface area (Å²) in [5, 5.41) is 13.0. The minimum Gasteiger partial charge on any atom is -0.356 e. The second kappa shape index (κ2) is 8.32. The van der Waals surface area contributed by atoms with Crippen LogP contribution in [0.2, 0.25) is 0 Å². The average molecular weight is 377 g/mol. The number of amides is 1. The lowest BCUT2D eigenvalue weighted by atomic mass is 9.86. The van der Waals surface area contributed by atoms with Crippen molar-refractivity contribution in [3.05, 3.63) is 5.82 Å². The Balaban J connectivity index is 1.22. The molecule has 0 spiro atoms. The number of thioether (sulfide) groups is 1. The molecule has 0 aromatic carbocycles. The summed E-state index contributed by atoms with van der Waals surface area (Å²) >= 11 is 1.69. The first kappa shape index (κ1) is 18.3. The summed E-state index contributed by atoms with van der Waals surface area (Å²) in [7, 11) is 0. The zero-order valence-electron chi connectivity index (χ0n) is 16.0. The van der Waals surface area contributed by atoms with E-state index in [1.807, 2.05) is 0 Å². The number of fused-ring (bicyclic) bond motifs is 2. The molecule has 3 saturated carbocycles. The molecule has 4 rings (SSSR count). The summed E-state index contributed by atoms with van der Waals surface area (Å²) < 4.78 is 2.37. The molecule has 5 nitrogen and oxygen atoms in total. The van der Waals surface area contributed by atoms with Crippen molar-refractivity contribution in [1.29, 1.82) is 0 Å². The molecule has 26 heavy (non-hydrogen) atoms. The van der Waals surface area contributed by atoms with Crippen LogP contribution in [0.25, 0.3) is 0 Å². The van der Waals surface area contributed by atoms with Gasteiger partial charge >= 0.3 is 0 Å². The Labute approximate surface area is 161 Å². The molecule has 0 aliphatic heterocycles. The minimum atomic E-state index is 0.254. The highest BCUT2D eigenvalue weighted by atomic mass is 32.2. The number of nitrogens with zero attached hydrogens (tertiary/aromatic N) is 3. The first-order chi connectivity index (χ1) is 12.7. The average Bonchev–Trinajstić information content (AvgIpc) is 3.42. The van der Waals surface area contributed by atoms with Gasteiger partial charge in [-0.15, -0.1) is 10.2 Å². The van der Waals surface area contributed by atoms with E-state index < -0.39 is 0 Å². The molecule has 3 aliphatic rings. The van der Waals surface area contributed by atoms with Crippen LogP contribution in [0.5, 0.6) is 0 Å². The normalized spacial score (nSPS) is 28.1. The minimum absolute atomic E-state index is 0.254. The second-order valence-corrected chi connectivity index (χ2v) is 9.28. The maximum atomic E-state index is 12.3. The van der Waals surface area contributed by atoms with Crippen molar-refractivity contribution >= 4 is 17.7 Å². The lowest BCUT2D eigenvalue weighted by Gasteiger charge is -2.21. The smallest absolute Gasteiger partial charge is 0.220 e. The highest BCUT2D eigenvalue weighted by Gasteiger charge is 2.40. The lowest BCUT2D eigenvalue weighted by Crippen LogP contribution is -2.28. The highest BCUT2D eigenvalue weighted by Crippen LogP contribution is 2.49. The third-order valence-corrected chi connectivity index (χ3v) is 7.48. The van der Waals surface area contributed by atoms with Crippen LogP contribution < -0.4 is 5.32 Å². The van der Waals surface area contributed by atoms with E-state index in [-0.39, 0.29) is 5.91 Å². The summed E-state index contributed by atoms with van der Waals surface area (Å²) in [4.78, 5) is 12.3. The van der Waals surface area contributed by atoms with Gasteiger partial charge in [-0.25, -0.2) is 0 Å². The van der Waals surface area contributed by atoms with E-state index in [0.29, 0.717) is 12.0 Å². The number of nitrogens with one attached hydrogen (secondary N) is 1. The van der Waals surface area contributed by atoms with Crippen LogP contribution in [0, 0.1) is 17.8 Å². The third-order valence-electron chi connectivity index (χ3n) is 6.84. The number of carbonyl (C=O) groups is 1. The van der Waals surface area contributed by atoms with Crippen molar-refractivity contribution in [2.24, 2.45) is 17.8 Å². The van der Waals surface area contributed by atoms with Crippen LogP contribution in [-0.2, 0) is 11.2 Å². The van der Waals surface area contributed by atoms with Gasteiger partial charge in [0.15, 0.2) is 5.16 Å². The molecule has 3 atom stereocenters. The Bertz CT molecular complexity index is 625. The van der Waals surface area contributed by atoms with E-state index >= 15 is 0 Å². The molecule has 0 saturated heterocycles. The fourth-order valence-corrected chi connectivity index (χ4v) is 6.13. The number of rotatable bonds is 8. The first-order valence-electron chi connectivity index (χ1n) is 10.5. The van der Waals surface area contributed by atoms with E-state index in [9.17, 15) is 4.79 Å². The Morgan fingerprint density at radius 1 is 1.19 bits per heavy atom. The second-order valence-electron chi connectivity index (χ2n) is 8.50. The summed E-state index contributed by atoms with van der Waals surface area (Å²) in [6.45, 7) is 0.756. The van der Waals surface area contributed by atoms with Gasteiger partial charge in [-0.2, -0.15) is 0 Å². The van der Waals surface area contributed by atoms with E-state index in [1.54, 1.807) is 11.8 Å². The molecule has 1 amide bonds. The van der Waals surface area contributed by atoms with Crippen molar-refractivity contribution in [3.63, 3.8) is 0 Å². The predicted molar refractivity (Wildman–Crippen MR) is 104 cm³/mol. The molecule has 3 fully saturated rings. The molecule has 2 bridgehead atoms. The van der Waals surface area contributed by atoms with Gasteiger partial charge in [-0.3, -0.25) is 4.79 Å². The van der Waals surface area contributed by atoms with Crippen LogP contribution in [0.3, 0.4) is 0 Å². The van der Waals surface area contributed by atoms with Gasteiger partial charge < -0.3 is 9.88 Å². The van der Waals surface area contributed by atoms with Gasteiger partial charge in [-0.1, -0.05) is 31.0 Å². The Kier molecular flexibility index (Phi) is 5.87. The zero-order valence-corrected chi connectivity index (χ0v) is 16.8. The highest BCUT2D eigenvalue weighted by molar-refractivity contribution is 7.98. The van der Waals surface area contributed by atoms with Gasteiger partial charge in [0.2, 0.25) is 5.91 Å². The molecular formula is C20H32N4OS. The van der Waals surface area contributed by atoms with E-state index in [2.05, 4.69) is 26.3 Å². The zero-order chi connectivity index (χ0) is 17.9. The van der Waals surface area contributed by atoms with Crippen LogP contribution >= 0.6 is 11.8 Å². The lowest BCUT2D eigenvalue weighted by molar-refractivity contribution is -0.122. The number of hydrogen-bond donors (Lipinski definition) is 1.